The van der Waals surface area contributed by atoms with E-state index < -0.39 is 17.2 Å². The van der Waals surface area contributed by atoms with Crippen molar-refractivity contribution < 1.29 is 13.6 Å². The number of halogens is 2. The van der Waals surface area contributed by atoms with Crippen molar-refractivity contribution >= 4 is 17.8 Å². The van der Waals surface area contributed by atoms with Crippen LogP contribution in [0.15, 0.2) is 22.0 Å². The molecule has 0 radical (unpaired) electrons. The number of hydrogen-bond acceptors (Lipinski definition) is 3. The molecular weight excluding hydrogens is 256 g/mol. The summed E-state index contributed by atoms with van der Waals surface area (Å²) in [4.78, 5) is 14.6. The third-order valence-corrected chi connectivity index (χ3v) is 4.21. The summed E-state index contributed by atoms with van der Waals surface area (Å²) in [5.74, 6) is -1.74. The van der Waals surface area contributed by atoms with Gasteiger partial charge < -0.3 is 0 Å². The molecule has 18 heavy (non-hydrogen) atoms. The van der Waals surface area contributed by atoms with Crippen molar-refractivity contribution in [2.24, 2.45) is 4.99 Å². The summed E-state index contributed by atoms with van der Waals surface area (Å²) < 4.78 is 27.9. The van der Waals surface area contributed by atoms with Crippen LogP contribution in [0.3, 0.4) is 0 Å². The molecule has 0 unspecified atom stereocenters. The maximum Gasteiger partial charge on any atom is 0.235 e. The van der Waals surface area contributed by atoms with Gasteiger partial charge in [0.05, 0.1) is 0 Å². The van der Waals surface area contributed by atoms with Crippen molar-refractivity contribution in [1.82, 2.24) is 0 Å². The summed E-state index contributed by atoms with van der Waals surface area (Å²) in [7, 11) is 0. The van der Waals surface area contributed by atoms with Gasteiger partial charge in [-0.2, -0.15) is 4.99 Å². The van der Waals surface area contributed by atoms with Gasteiger partial charge in [-0.25, -0.2) is 13.6 Å². The predicted molar refractivity (Wildman–Crippen MR) is 66.4 cm³/mol. The zero-order valence-electron chi connectivity index (χ0n) is 10.0. The zero-order chi connectivity index (χ0) is 13.2. The molecule has 0 spiro atoms. The molecule has 0 saturated heterocycles. The van der Waals surface area contributed by atoms with E-state index in [4.69, 9.17) is 0 Å². The molecule has 1 saturated carbocycles. The number of thioether (sulfide) groups is 1. The van der Waals surface area contributed by atoms with E-state index in [0.717, 1.165) is 24.6 Å². The Morgan fingerprint density at radius 2 is 1.94 bits per heavy atom. The SMILES string of the molecule is CSc1ccc(C2(N=C=O)CCCC2)c(F)c1F. The number of benzene rings is 1. The highest BCUT2D eigenvalue weighted by molar-refractivity contribution is 7.98. The fourth-order valence-corrected chi connectivity index (χ4v) is 3.01. The highest BCUT2D eigenvalue weighted by Gasteiger charge is 2.38. The first kappa shape index (κ1) is 13.2. The van der Waals surface area contributed by atoms with Crippen molar-refractivity contribution in [3.8, 4) is 0 Å². The number of carbonyl (C=O) groups excluding carboxylic acids is 1. The number of aliphatic imine (C=N–C) groups is 1. The molecule has 0 atom stereocenters. The molecule has 1 aliphatic carbocycles. The zero-order valence-corrected chi connectivity index (χ0v) is 10.8. The van der Waals surface area contributed by atoms with Gasteiger partial charge in [-0.1, -0.05) is 18.9 Å². The minimum absolute atomic E-state index is 0.179. The van der Waals surface area contributed by atoms with Crippen molar-refractivity contribution in [3.05, 3.63) is 29.3 Å². The van der Waals surface area contributed by atoms with Gasteiger partial charge >= 0.3 is 0 Å². The van der Waals surface area contributed by atoms with E-state index in [1.807, 2.05) is 0 Å². The molecule has 2 nitrogen and oxygen atoms in total. The lowest BCUT2D eigenvalue weighted by atomic mass is 9.88. The van der Waals surface area contributed by atoms with Crippen LogP contribution in [0, 0.1) is 11.6 Å². The van der Waals surface area contributed by atoms with E-state index >= 15 is 0 Å². The van der Waals surface area contributed by atoms with E-state index in [2.05, 4.69) is 4.99 Å². The number of nitrogens with zero attached hydrogens (tertiary/aromatic N) is 1. The Hall–Kier alpha value is -1.19. The Morgan fingerprint density at radius 3 is 2.50 bits per heavy atom. The minimum Gasteiger partial charge on any atom is -0.211 e. The van der Waals surface area contributed by atoms with Crippen molar-refractivity contribution in [1.29, 1.82) is 0 Å². The van der Waals surface area contributed by atoms with Crippen molar-refractivity contribution in [2.45, 2.75) is 36.1 Å². The summed E-state index contributed by atoms with van der Waals surface area (Å²) in [6, 6.07) is 3.08. The Bertz CT molecular complexity index is 506. The van der Waals surface area contributed by atoms with Crippen LogP contribution in [-0.2, 0) is 10.3 Å². The molecule has 0 aromatic heterocycles. The van der Waals surface area contributed by atoms with Crippen LogP contribution < -0.4 is 0 Å². The van der Waals surface area contributed by atoms with Gasteiger partial charge in [-0.05, 0) is 25.2 Å². The summed E-state index contributed by atoms with van der Waals surface area (Å²) in [5, 5.41) is 0. The highest BCUT2D eigenvalue weighted by atomic mass is 32.2. The third kappa shape index (κ3) is 2.08. The van der Waals surface area contributed by atoms with Crippen LogP contribution >= 0.6 is 11.8 Å². The van der Waals surface area contributed by atoms with Gasteiger partial charge in [-0.3, -0.25) is 0 Å². The van der Waals surface area contributed by atoms with Crippen molar-refractivity contribution in [3.63, 3.8) is 0 Å². The van der Waals surface area contributed by atoms with E-state index in [-0.39, 0.29) is 10.5 Å². The molecule has 1 fully saturated rings. The molecule has 2 rings (SSSR count). The van der Waals surface area contributed by atoms with E-state index in [1.54, 1.807) is 12.3 Å². The maximum atomic E-state index is 14.1. The normalized spacial score (nSPS) is 17.5. The van der Waals surface area contributed by atoms with Crippen LogP contribution in [-0.4, -0.2) is 12.3 Å². The van der Waals surface area contributed by atoms with Crippen LogP contribution in [0.1, 0.15) is 31.2 Å². The lowest BCUT2D eigenvalue weighted by Gasteiger charge is -2.23. The summed E-state index contributed by atoms with van der Waals surface area (Å²) >= 11 is 1.15. The van der Waals surface area contributed by atoms with E-state index in [1.165, 1.54) is 12.1 Å². The van der Waals surface area contributed by atoms with Gasteiger partial charge in [0, 0.05) is 10.5 Å². The summed E-state index contributed by atoms with van der Waals surface area (Å²) in [6.07, 6.45) is 6.04. The van der Waals surface area contributed by atoms with E-state index in [9.17, 15) is 13.6 Å². The molecule has 5 heteroatoms. The van der Waals surface area contributed by atoms with E-state index in [0.29, 0.717) is 12.8 Å². The smallest absolute Gasteiger partial charge is 0.211 e. The molecular formula is C13H13F2NOS. The fraction of sp³-hybridized carbons (Fsp3) is 0.462. The van der Waals surface area contributed by atoms with Crippen LogP contribution in [0.4, 0.5) is 8.78 Å². The third-order valence-electron chi connectivity index (χ3n) is 3.46. The molecule has 0 aliphatic heterocycles. The molecule has 0 N–H and O–H groups in total. The molecule has 1 aliphatic rings. The highest BCUT2D eigenvalue weighted by Crippen LogP contribution is 2.44. The number of rotatable bonds is 3. The largest absolute Gasteiger partial charge is 0.235 e. The molecule has 0 bridgehead atoms. The van der Waals surface area contributed by atoms with Gasteiger partial charge in [0.2, 0.25) is 6.08 Å². The lowest BCUT2D eigenvalue weighted by molar-refractivity contribution is 0.406. The average Bonchev–Trinajstić information content (AvgIpc) is 2.82. The number of isocyanates is 1. The summed E-state index contributed by atoms with van der Waals surface area (Å²) in [6.45, 7) is 0. The molecule has 0 amide bonds. The van der Waals surface area contributed by atoms with Gasteiger partial charge in [0.25, 0.3) is 0 Å². The number of hydrogen-bond donors (Lipinski definition) is 0. The fourth-order valence-electron chi connectivity index (χ4n) is 2.54. The first-order chi connectivity index (χ1) is 8.64. The van der Waals surface area contributed by atoms with Crippen LogP contribution in [0.5, 0.6) is 0 Å². The minimum atomic E-state index is -0.913. The molecule has 1 aromatic rings. The standard InChI is InChI=1S/C13H13F2NOS/c1-18-10-5-4-9(11(14)12(10)15)13(16-8-17)6-2-3-7-13/h4-5H,2-3,6-7H2,1H3. The molecule has 1 aromatic carbocycles. The van der Waals surface area contributed by atoms with Gasteiger partial charge in [0.15, 0.2) is 11.6 Å². The molecule has 96 valence electrons. The quantitative estimate of drug-likeness (QED) is 0.474. The first-order valence-electron chi connectivity index (χ1n) is 5.76. The Morgan fingerprint density at radius 1 is 1.28 bits per heavy atom. The summed E-state index contributed by atoms with van der Waals surface area (Å²) in [5.41, 5.74) is -0.734. The van der Waals surface area contributed by atoms with Crippen LogP contribution in [0.25, 0.3) is 0 Å². The van der Waals surface area contributed by atoms with Gasteiger partial charge in [-0.15, -0.1) is 11.8 Å². The topological polar surface area (TPSA) is 29.4 Å². The first-order valence-corrected chi connectivity index (χ1v) is 6.98. The Balaban J connectivity index is 2.56. The Labute approximate surface area is 108 Å². The van der Waals surface area contributed by atoms with Gasteiger partial charge in [0.1, 0.15) is 5.54 Å². The average molecular weight is 269 g/mol. The van der Waals surface area contributed by atoms with Crippen molar-refractivity contribution in [2.75, 3.05) is 6.26 Å². The second-order valence-corrected chi connectivity index (χ2v) is 5.23. The molecule has 0 heterocycles. The lowest BCUT2D eigenvalue weighted by Crippen LogP contribution is -2.21. The van der Waals surface area contributed by atoms with Crippen LogP contribution in [0.2, 0.25) is 0 Å². The maximum absolute atomic E-state index is 14.1. The second kappa shape index (κ2) is 5.21. The predicted octanol–water partition coefficient (Wildman–Crippen LogP) is 3.79. The Kier molecular flexibility index (Phi) is 3.83. The monoisotopic (exact) mass is 269 g/mol. The second-order valence-electron chi connectivity index (χ2n) is 4.39.